The largest absolute Gasteiger partial charge is 0.418 e. The summed E-state index contributed by atoms with van der Waals surface area (Å²) in [5, 5.41) is 16.1. The maximum Gasteiger partial charge on any atom is 0.257 e. The highest BCUT2D eigenvalue weighted by Crippen LogP contribution is 2.30. The molecule has 0 bridgehead atoms. The second kappa shape index (κ2) is 7.31. The molecule has 4 rings (SSSR count). The highest BCUT2D eigenvalue weighted by atomic mass is 32.1. The number of hydrogen-bond donors (Lipinski definition) is 1. The van der Waals surface area contributed by atoms with Crippen LogP contribution in [0.25, 0.3) is 10.8 Å². The Kier molecular flexibility index (Phi) is 4.74. The predicted octanol–water partition coefficient (Wildman–Crippen LogP) is 5.30. The van der Waals surface area contributed by atoms with Crippen molar-refractivity contribution >= 4 is 22.7 Å². The summed E-state index contributed by atoms with van der Waals surface area (Å²) in [4.78, 5) is 2.25. The van der Waals surface area contributed by atoms with Gasteiger partial charge in [-0.1, -0.05) is 42.5 Å². The molecule has 3 aromatic heterocycles. The number of aromatic nitrogens is 2. The van der Waals surface area contributed by atoms with Crippen molar-refractivity contribution < 1.29 is 4.42 Å². The van der Waals surface area contributed by atoms with Crippen LogP contribution in [0.2, 0.25) is 0 Å². The standard InChI is InChI=1S/C19H17N3OS2/c1-13(18-21-22-19(23-18)16-10-6-12-25-16)20-17(15-9-5-11-24-15)14-7-3-2-4-8-14/h2-13,17,20H,1H3/t13-,17-/m1/s1. The number of benzene rings is 1. The molecule has 0 aliphatic carbocycles. The SMILES string of the molecule is C[C@@H](N[C@H](c1ccccc1)c1cccs1)c1nnc(-c2cccs2)o1. The van der Waals surface area contributed by atoms with E-state index in [0.29, 0.717) is 11.8 Å². The van der Waals surface area contributed by atoms with Crippen molar-refractivity contribution in [3.8, 4) is 10.8 Å². The zero-order chi connectivity index (χ0) is 17.1. The fraction of sp³-hybridized carbons (Fsp3) is 0.158. The average Bonchev–Trinajstić information content (AvgIpc) is 3.42. The Labute approximate surface area is 154 Å². The van der Waals surface area contributed by atoms with Crippen molar-refractivity contribution in [1.29, 1.82) is 0 Å². The van der Waals surface area contributed by atoms with Crippen LogP contribution in [0.1, 0.15) is 35.3 Å². The van der Waals surface area contributed by atoms with Gasteiger partial charge in [-0.05, 0) is 35.4 Å². The minimum atomic E-state index is -0.0616. The zero-order valence-electron chi connectivity index (χ0n) is 13.6. The maximum absolute atomic E-state index is 5.87. The summed E-state index contributed by atoms with van der Waals surface area (Å²) >= 11 is 3.33. The fourth-order valence-corrected chi connectivity index (χ4v) is 4.13. The first-order valence-electron chi connectivity index (χ1n) is 8.03. The van der Waals surface area contributed by atoms with E-state index in [1.165, 1.54) is 10.4 Å². The number of thiophene rings is 2. The third kappa shape index (κ3) is 3.56. The monoisotopic (exact) mass is 367 g/mol. The first kappa shape index (κ1) is 16.2. The van der Waals surface area contributed by atoms with Crippen LogP contribution in [0.15, 0.2) is 69.8 Å². The Morgan fingerprint density at radius 2 is 1.72 bits per heavy atom. The van der Waals surface area contributed by atoms with Gasteiger partial charge in [0.1, 0.15) is 0 Å². The lowest BCUT2D eigenvalue weighted by Crippen LogP contribution is -2.25. The number of nitrogens with one attached hydrogen (secondary N) is 1. The van der Waals surface area contributed by atoms with Crippen LogP contribution in [-0.2, 0) is 0 Å². The molecule has 4 nitrogen and oxygen atoms in total. The highest BCUT2D eigenvalue weighted by molar-refractivity contribution is 7.13. The van der Waals surface area contributed by atoms with E-state index in [-0.39, 0.29) is 12.1 Å². The maximum atomic E-state index is 5.87. The van der Waals surface area contributed by atoms with Gasteiger partial charge in [0.25, 0.3) is 5.89 Å². The van der Waals surface area contributed by atoms with E-state index in [0.717, 1.165) is 4.88 Å². The molecule has 4 aromatic rings. The van der Waals surface area contributed by atoms with Gasteiger partial charge in [0.2, 0.25) is 5.89 Å². The molecule has 0 saturated heterocycles. The van der Waals surface area contributed by atoms with Crippen molar-refractivity contribution in [3.63, 3.8) is 0 Å². The minimum Gasteiger partial charge on any atom is -0.418 e. The van der Waals surface area contributed by atoms with Gasteiger partial charge in [0.05, 0.1) is 17.0 Å². The van der Waals surface area contributed by atoms with Crippen molar-refractivity contribution in [1.82, 2.24) is 15.5 Å². The molecular formula is C19H17N3OS2. The van der Waals surface area contributed by atoms with Gasteiger partial charge < -0.3 is 4.42 Å². The molecule has 0 unspecified atom stereocenters. The van der Waals surface area contributed by atoms with Crippen LogP contribution in [0.3, 0.4) is 0 Å². The zero-order valence-corrected chi connectivity index (χ0v) is 15.3. The molecule has 1 aromatic carbocycles. The highest BCUT2D eigenvalue weighted by Gasteiger charge is 2.22. The third-order valence-corrected chi connectivity index (χ3v) is 5.72. The lowest BCUT2D eigenvalue weighted by atomic mass is 10.0. The average molecular weight is 367 g/mol. The summed E-state index contributed by atoms with van der Waals surface area (Å²) in [6, 6.07) is 18.6. The molecule has 0 saturated carbocycles. The van der Waals surface area contributed by atoms with E-state index in [9.17, 15) is 0 Å². The third-order valence-electron chi connectivity index (χ3n) is 3.92. The molecule has 0 aliphatic rings. The van der Waals surface area contributed by atoms with Crippen LogP contribution in [-0.4, -0.2) is 10.2 Å². The van der Waals surface area contributed by atoms with E-state index >= 15 is 0 Å². The number of hydrogen-bond acceptors (Lipinski definition) is 6. The molecule has 6 heteroatoms. The van der Waals surface area contributed by atoms with Crippen molar-refractivity contribution in [2.24, 2.45) is 0 Å². The molecule has 126 valence electrons. The van der Waals surface area contributed by atoms with E-state index in [1.807, 2.05) is 23.6 Å². The molecule has 0 fully saturated rings. The second-order valence-corrected chi connectivity index (χ2v) is 7.60. The number of rotatable bonds is 6. The Morgan fingerprint density at radius 3 is 2.44 bits per heavy atom. The topological polar surface area (TPSA) is 51.0 Å². The Bertz CT molecular complexity index is 901. The lowest BCUT2D eigenvalue weighted by molar-refractivity contribution is 0.405. The molecule has 25 heavy (non-hydrogen) atoms. The van der Waals surface area contributed by atoms with Gasteiger partial charge in [-0.3, -0.25) is 5.32 Å². The van der Waals surface area contributed by atoms with Crippen molar-refractivity contribution in [2.75, 3.05) is 0 Å². The van der Waals surface area contributed by atoms with Gasteiger partial charge in [0.15, 0.2) is 0 Å². The van der Waals surface area contributed by atoms with E-state index in [1.54, 1.807) is 22.7 Å². The quantitative estimate of drug-likeness (QED) is 0.502. The van der Waals surface area contributed by atoms with Crippen molar-refractivity contribution in [3.05, 3.63) is 81.7 Å². The molecule has 0 spiro atoms. The van der Waals surface area contributed by atoms with Gasteiger partial charge in [0, 0.05) is 4.88 Å². The predicted molar refractivity (Wildman–Crippen MR) is 102 cm³/mol. The first-order valence-corrected chi connectivity index (χ1v) is 9.79. The normalized spacial score (nSPS) is 13.6. The lowest BCUT2D eigenvalue weighted by Gasteiger charge is -2.21. The van der Waals surface area contributed by atoms with Gasteiger partial charge in [-0.15, -0.1) is 32.9 Å². The minimum absolute atomic E-state index is 0.0616. The van der Waals surface area contributed by atoms with Crippen LogP contribution in [0.5, 0.6) is 0 Å². The smallest absolute Gasteiger partial charge is 0.257 e. The summed E-state index contributed by atoms with van der Waals surface area (Å²) in [5.41, 5.74) is 1.22. The summed E-state index contributed by atoms with van der Waals surface area (Å²) in [6.07, 6.45) is 0. The van der Waals surface area contributed by atoms with Crippen molar-refractivity contribution in [2.45, 2.75) is 19.0 Å². The van der Waals surface area contributed by atoms with Crippen LogP contribution in [0.4, 0.5) is 0 Å². The first-order chi connectivity index (χ1) is 12.3. The molecular weight excluding hydrogens is 350 g/mol. The molecule has 0 radical (unpaired) electrons. The fourth-order valence-electron chi connectivity index (χ4n) is 2.67. The van der Waals surface area contributed by atoms with Crippen LogP contribution < -0.4 is 5.32 Å². The van der Waals surface area contributed by atoms with Gasteiger partial charge in [-0.2, -0.15) is 0 Å². The molecule has 1 N–H and O–H groups in total. The van der Waals surface area contributed by atoms with E-state index in [4.69, 9.17) is 4.42 Å². The van der Waals surface area contributed by atoms with E-state index in [2.05, 4.69) is 64.2 Å². The molecule has 3 heterocycles. The van der Waals surface area contributed by atoms with Gasteiger partial charge >= 0.3 is 0 Å². The summed E-state index contributed by atoms with van der Waals surface area (Å²) in [7, 11) is 0. The van der Waals surface area contributed by atoms with Gasteiger partial charge in [-0.25, -0.2) is 0 Å². The summed E-state index contributed by atoms with van der Waals surface area (Å²) in [5.74, 6) is 1.17. The molecule has 0 amide bonds. The van der Waals surface area contributed by atoms with E-state index < -0.39 is 0 Å². The Hall–Kier alpha value is -2.28. The summed E-state index contributed by atoms with van der Waals surface area (Å²) < 4.78 is 5.87. The van der Waals surface area contributed by atoms with Crippen LogP contribution in [0, 0.1) is 0 Å². The summed E-state index contributed by atoms with van der Waals surface area (Å²) in [6.45, 7) is 2.05. The Morgan fingerprint density at radius 1 is 0.920 bits per heavy atom. The van der Waals surface area contributed by atoms with Crippen LogP contribution >= 0.6 is 22.7 Å². The second-order valence-electron chi connectivity index (χ2n) is 5.67. The molecule has 0 aliphatic heterocycles. The molecule has 2 atom stereocenters. The number of nitrogens with zero attached hydrogens (tertiary/aromatic N) is 2. The Balaban J connectivity index is 1.58.